The van der Waals surface area contributed by atoms with Gasteiger partial charge in [0.15, 0.2) is 0 Å². The molecule has 2 aromatic carbocycles. The predicted octanol–water partition coefficient (Wildman–Crippen LogP) is 4.77. The first kappa shape index (κ1) is 17.7. The summed E-state index contributed by atoms with van der Waals surface area (Å²) in [5.41, 5.74) is 2.65. The first-order chi connectivity index (χ1) is 13.2. The summed E-state index contributed by atoms with van der Waals surface area (Å²) in [6, 6.07) is 15.7. The molecule has 2 heterocycles. The van der Waals surface area contributed by atoms with E-state index in [0.717, 1.165) is 42.6 Å². The lowest BCUT2D eigenvalue weighted by atomic mass is 10.0. The second kappa shape index (κ2) is 7.53. The molecule has 27 heavy (non-hydrogen) atoms. The Hall–Kier alpha value is -2.66. The maximum absolute atomic E-state index is 14.3. The van der Waals surface area contributed by atoms with E-state index in [1.165, 1.54) is 12.1 Å². The molecule has 140 valence electrons. The third kappa shape index (κ3) is 3.60. The van der Waals surface area contributed by atoms with Gasteiger partial charge in [-0.2, -0.15) is 0 Å². The molecule has 0 aliphatic carbocycles. The summed E-state index contributed by atoms with van der Waals surface area (Å²) in [6.45, 7) is 2.07. The Morgan fingerprint density at radius 3 is 2.63 bits per heavy atom. The lowest BCUT2D eigenvalue weighted by Crippen LogP contribution is -2.30. The molecule has 0 fully saturated rings. The van der Waals surface area contributed by atoms with Crippen molar-refractivity contribution in [2.75, 3.05) is 13.7 Å². The Kier molecular flexibility index (Phi) is 4.94. The zero-order chi connectivity index (χ0) is 18.8. The van der Waals surface area contributed by atoms with Crippen LogP contribution in [0.4, 0.5) is 8.78 Å². The van der Waals surface area contributed by atoms with E-state index in [-0.39, 0.29) is 11.9 Å². The molecule has 1 aliphatic rings. The van der Waals surface area contributed by atoms with Gasteiger partial charge in [-0.3, -0.25) is 4.90 Å². The van der Waals surface area contributed by atoms with Crippen molar-refractivity contribution in [1.82, 2.24) is 9.47 Å². The molecule has 1 atom stereocenters. The Bertz CT molecular complexity index is 920. The molecule has 5 heteroatoms. The normalized spacial score (nSPS) is 17.4. The molecule has 0 saturated carbocycles. The summed E-state index contributed by atoms with van der Waals surface area (Å²) in [7, 11) is 1.64. The van der Waals surface area contributed by atoms with E-state index < -0.39 is 5.82 Å². The lowest BCUT2D eigenvalue weighted by molar-refractivity contribution is 0.217. The van der Waals surface area contributed by atoms with Gasteiger partial charge in [-0.15, -0.1) is 0 Å². The number of benzene rings is 2. The second-order valence-electron chi connectivity index (χ2n) is 6.86. The minimum atomic E-state index is -0.411. The van der Waals surface area contributed by atoms with E-state index in [4.69, 9.17) is 4.74 Å². The standard InChI is InChI=1S/C22H22F2N2O/c1-27-19-8-5-16(6-9-19)22-21-4-2-11-25(21)12-3-13-26(22)15-17-14-18(23)7-10-20(17)24/h2,4-11,14,22H,3,12-13,15H2,1H3/t22-/m1/s1. The van der Waals surface area contributed by atoms with Crippen LogP contribution >= 0.6 is 0 Å². The summed E-state index contributed by atoms with van der Waals surface area (Å²) in [4.78, 5) is 2.22. The Labute approximate surface area is 157 Å². The molecule has 0 bridgehead atoms. The third-order valence-electron chi connectivity index (χ3n) is 5.17. The van der Waals surface area contributed by atoms with E-state index in [0.29, 0.717) is 12.1 Å². The van der Waals surface area contributed by atoms with Crippen LogP contribution in [0.3, 0.4) is 0 Å². The number of methoxy groups -OCH3 is 1. The highest BCUT2D eigenvalue weighted by Gasteiger charge is 2.28. The fourth-order valence-corrected chi connectivity index (χ4v) is 3.86. The molecular weight excluding hydrogens is 346 g/mol. The first-order valence-electron chi connectivity index (χ1n) is 9.12. The zero-order valence-corrected chi connectivity index (χ0v) is 15.2. The maximum atomic E-state index is 14.3. The number of ether oxygens (including phenoxy) is 1. The summed E-state index contributed by atoms with van der Waals surface area (Å²) in [5, 5.41) is 0. The van der Waals surface area contributed by atoms with Crippen LogP contribution in [0.2, 0.25) is 0 Å². The van der Waals surface area contributed by atoms with Gasteiger partial charge in [-0.1, -0.05) is 12.1 Å². The van der Waals surface area contributed by atoms with E-state index >= 15 is 0 Å². The molecule has 0 spiro atoms. The number of fused-ring (bicyclic) bond motifs is 1. The Morgan fingerprint density at radius 2 is 1.85 bits per heavy atom. The highest BCUT2D eigenvalue weighted by atomic mass is 19.1. The van der Waals surface area contributed by atoms with Crippen LogP contribution in [0.5, 0.6) is 5.75 Å². The second-order valence-corrected chi connectivity index (χ2v) is 6.86. The van der Waals surface area contributed by atoms with Crippen molar-refractivity contribution in [2.45, 2.75) is 25.6 Å². The van der Waals surface area contributed by atoms with Gasteiger partial charge in [0.05, 0.1) is 13.2 Å². The summed E-state index contributed by atoms with van der Waals surface area (Å²) in [5.74, 6) is 0.0144. The van der Waals surface area contributed by atoms with Gasteiger partial charge in [0.1, 0.15) is 17.4 Å². The number of hydrogen-bond donors (Lipinski definition) is 0. The van der Waals surface area contributed by atoms with Gasteiger partial charge in [-0.25, -0.2) is 8.78 Å². The minimum Gasteiger partial charge on any atom is -0.497 e. The molecule has 1 aliphatic heterocycles. The number of nitrogens with zero attached hydrogens (tertiary/aromatic N) is 2. The van der Waals surface area contributed by atoms with Gasteiger partial charge >= 0.3 is 0 Å². The van der Waals surface area contributed by atoms with Crippen molar-refractivity contribution < 1.29 is 13.5 Å². The van der Waals surface area contributed by atoms with Crippen molar-refractivity contribution in [3.05, 3.63) is 89.2 Å². The highest BCUT2D eigenvalue weighted by molar-refractivity contribution is 5.34. The topological polar surface area (TPSA) is 17.4 Å². The number of aromatic nitrogens is 1. The lowest BCUT2D eigenvalue weighted by Gasteiger charge is -2.31. The van der Waals surface area contributed by atoms with Crippen LogP contribution in [0.25, 0.3) is 0 Å². The van der Waals surface area contributed by atoms with Crippen molar-refractivity contribution >= 4 is 0 Å². The minimum absolute atomic E-state index is 0.0314. The summed E-state index contributed by atoms with van der Waals surface area (Å²) < 4.78 is 35.5. The molecule has 3 nitrogen and oxygen atoms in total. The van der Waals surface area contributed by atoms with Gasteiger partial charge in [-0.05, 0) is 54.4 Å². The molecule has 0 N–H and O–H groups in total. The molecule has 0 unspecified atom stereocenters. The number of hydrogen-bond acceptors (Lipinski definition) is 2. The summed E-state index contributed by atoms with van der Waals surface area (Å²) >= 11 is 0. The SMILES string of the molecule is COc1ccc([C@@H]2c3cccn3CCCN2Cc2cc(F)ccc2F)cc1. The zero-order valence-electron chi connectivity index (χ0n) is 15.2. The van der Waals surface area contributed by atoms with Crippen LogP contribution in [-0.4, -0.2) is 23.1 Å². The third-order valence-corrected chi connectivity index (χ3v) is 5.17. The first-order valence-corrected chi connectivity index (χ1v) is 9.12. The largest absolute Gasteiger partial charge is 0.497 e. The Morgan fingerprint density at radius 1 is 1.04 bits per heavy atom. The summed E-state index contributed by atoms with van der Waals surface area (Å²) in [6.07, 6.45) is 3.03. The van der Waals surface area contributed by atoms with Crippen molar-refractivity contribution in [1.29, 1.82) is 0 Å². The van der Waals surface area contributed by atoms with E-state index in [1.807, 2.05) is 30.3 Å². The quantitative estimate of drug-likeness (QED) is 0.660. The molecule has 0 radical (unpaired) electrons. The molecule has 0 amide bonds. The fraction of sp³-hybridized carbons (Fsp3) is 0.273. The Balaban J connectivity index is 1.74. The van der Waals surface area contributed by atoms with Crippen molar-refractivity contribution in [2.24, 2.45) is 0 Å². The fourth-order valence-electron chi connectivity index (χ4n) is 3.86. The van der Waals surface area contributed by atoms with E-state index in [2.05, 4.69) is 21.7 Å². The van der Waals surface area contributed by atoms with Crippen molar-refractivity contribution in [3.8, 4) is 5.75 Å². The number of rotatable bonds is 4. The molecule has 3 aromatic rings. The molecule has 1 aromatic heterocycles. The van der Waals surface area contributed by atoms with Gasteiger partial charge in [0.2, 0.25) is 0 Å². The van der Waals surface area contributed by atoms with Crippen molar-refractivity contribution in [3.63, 3.8) is 0 Å². The molecular formula is C22H22F2N2O. The van der Waals surface area contributed by atoms with Crippen LogP contribution < -0.4 is 4.74 Å². The highest BCUT2D eigenvalue weighted by Crippen LogP contribution is 2.34. The van der Waals surface area contributed by atoms with Gasteiger partial charge in [0, 0.05) is 37.1 Å². The number of aryl methyl sites for hydroxylation is 1. The van der Waals surface area contributed by atoms with E-state index in [1.54, 1.807) is 7.11 Å². The average Bonchev–Trinajstić information content (AvgIpc) is 3.06. The van der Waals surface area contributed by atoms with Crippen LogP contribution in [-0.2, 0) is 13.1 Å². The number of halogens is 2. The van der Waals surface area contributed by atoms with Gasteiger partial charge < -0.3 is 9.30 Å². The smallest absolute Gasteiger partial charge is 0.127 e. The maximum Gasteiger partial charge on any atom is 0.127 e. The van der Waals surface area contributed by atoms with Gasteiger partial charge in [0.25, 0.3) is 0 Å². The van der Waals surface area contributed by atoms with Crippen LogP contribution in [0.1, 0.15) is 29.3 Å². The van der Waals surface area contributed by atoms with E-state index in [9.17, 15) is 8.78 Å². The average molecular weight is 368 g/mol. The van der Waals surface area contributed by atoms with Crippen LogP contribution in [0.15, 0.2) is 60.8 Å². The monoisotopic (exact) mass is 368 g/mol. The molecule has 4 rings (SSSR count). The molecule has 0 saturated heterocycles. The van der Waals surface area contributed by atoms with Crippen LogP contribution in [0, 0.1) is 11.6 Å². The predicted molar refractivity (Wildman–Crippen MR) is 101 cm³/mol.